The van der Waals surface area contributed by atoms with Crippen molar-refractivity contribution in [1.29, 1.82) is 0 Å². The van der Waals surface area contributed by atoms with E-state index in [0.29, 0.717) is 20.9 Å². The molecule has 27 heavy (non-hydrogen) atoms. The molecule has 2 heterocycles. The molecule has 0 atom stereocenters. The predicted octanol–water partition coefficient (Wildman–Crippen LogP) is 2.47. The SMILES string of the molecule is CCOC(=O)c1c(COC(=O)c2cccs2)nc2ccc(OC)cc2[n+]1[O-]. The number of aromatic nitrogens is 2. The average Bonchev–Trinajstić information content (AvgIpc) is 3.21. The standard InChI is InChI=1S/C18H16N2O6S/c1-3-25-18(22)16-13(10-26-17(21)15-5-4-8-27-15)19-12-7-6-11(24-2)9-14(12)20(16)23/h4-9H,3,10H2,1-2H3. The summed E-state index contributed by atoms with van der Waals surface area (Å²) in [7, 11) is 1.47. The number of thiophene rings is 1. The minimum atomic E-state index is -0.841. The van der Waals surface area contributed by atoms with Gasteiger partial charge >= 0.3 is 17.6 Å². The van der Waals surface area contributed by atoms with Crippen molar-refractivity contribution in [3.63, 3.8) is 0 Å². The highest BCUT2D eigenvalue weighted by molar-refractivity contribution is 7.11. The van der Waals surface area contributed by atoms with Gasteiger partial charge in [0.1, 0.15) is 22.8 Å². The Labute approximate surface area is 158 Å². The summed E-state index contributed by atoms with van der Waals surface area (Å²) >= 11 is 1.23. The fraction of sp³-hybridized carbons (Fsp3) is 0.222. The van der Waals surface area contributed by atoms with Gasteiger partial charge in [0.25, 0.3) is 0 Å². The van der Waals surface area contributed by atoms with Crippen molar-refractivity contribution in [3.05, 3.63) is 57.2 Å². The van der Waals surface area contributed by atoms with Crippen molar-refractivity contribution >= 4 is 34.3 Å². The summed E-state index contributed by atoms with van der Waals surface area (Å²) < 4.78 is 15.7. The van der Waals surface area contributed by atoms with Gasteiger partial charge in [0.05, 0.1) is 19.8 Å². The Bertz CT molecular complexity index is 987. The first-order valence-electron chi connectivity index (χ1n) is 8.03. The van der Waals surface area contributed by atoms with Crippen molar-refractivity contribution in [2.24, 2.45) is 0 Å². The van der Waals surface area contributed by atoms with E-state index in [1.54, 1.807) is 36.6 Å². The monoisotopic (exact) mass is 388 g/mol. The number of esters is 2. The van der Waals surface area contributed by atoms with Gasteiger partial charge in [0.15, 0.2) is 5.69 Å². The minimum absolute atomic E-state index is 0.0195. The second-order valence-corrected chi connectivity index (χ2v) is 6.28. The van der Waals surface area contributed by atoms with Gasteiger partial charge in [-0.3, -0.25) is 0 Å². The molecule has 0 radical (unpaired) electrons. The van der Waals surface area contributed by atoms with Crippen LogP contribution in [0.2, 0.25) is 0 Å². The van der Waals surface area contributed by atoms with Gasteiger partial charge in [0.2, 0.25) is 5.52 Å². The molecule has 9 heteroatoms. The first-order valence-corrected chi connectivity index (χ1v) is 8.91. The summed E-state index contributed by atoms with van der Waals surface area (Å²) in [6.45, 7) is 1.37. The van der Waals surface area contributed by atoms with Crippen LogP contribution in [0, 0.1) is 5.21 Å². The number of carbonyl (C=O) groups is 2. The number of ether oxygens (including phenoxy) is 3. The highest BCUT2D eigenvalue weighted by Gasteiger charge is 2.28. The molecule has 1 aromatic carbocycles. The number of methoxy groups -OCH3 is 1. The average molecular weight is 388 g/mol. The zero-order chi connectivity index (χ0) is 19.4. The van der Waals surface area contributed by atoms with Crippen LogP contribution >= 0.6 is 11.3 Å². The Morgan fingerprint density at radius 2 is 2.04 bits per heavy atom. The zero-order valence-electron chi connectivity index (χ0n) is 14.6. The molecule has 0 aliphatic heterocycles. The quantitative estimate of drug-likeness (QED) is 0.363. The fourth-order valence-electron chi connectivity index (χ4n) is 2.42. The van der Waals surface area contributed by atoms with E-state index in [1.165, 1.54) is 24.5 Å². The third-order valence-corrected chi connectivity index (χ3v) is 4.51. The summed E-state index contributed by atoms with van der Waals surface area (Å²) in [4.78, 5) is 29.1. The van der Waals surface area contributed by atoms with Gasteiger partial charge in [-0.2, -0.15) is 4.73 Å². The Morgan fingerprint density at radius 1 is 1.22 bits per heavy atom. The van der Waals surface area contributed by atoms with Gasteiger partial charge < -0.3 is 19.4 Å². The number of hydrogen-bond acceptors (Lipinski definition) is 8. The van der Waals surface area contributed by atoms with Crippen LogP contribution in [0.15, 0.2) is 35.7 Å². The molecule has 0 N–H and O–H groups in total. The van der Waals surface area contributed by atoms with E-state index in [0.717, 1.165) is 0 Å². The minimum Gasteiger partial charge on any atom is -0.618 e. The number of carbonyl (C=O) groups excluding carboxylic acids is 2. The lowest BCUT2D eigenvalue weighted by atomic mass is 10.2. The lowest BCUT2D eigenvalue weighted by Gasteiger charge is -2.12. The van der Waals surface area contributed by atoms with E-state index in [2.05, 4.69) is 4.98 Å². The van der Waals surface area contributed by atoms with E-state index < -0.39 is 11.9 Å². The van der Waals surface area contributed by atoms with Crippen molar-refractivity contribution < 1.29 is 28.5 Å². The first-order chi connectivity index (χ1) is 13.0. The van der Waals surface area contributed by atoms with Crippen molar-refractivity contribution in [2.75, 3.05) is 13.7 Å². The normalized spacial score (nSPS) is 10.6. The van der Waals surface area contributed by atoms with Crippen LogP contribution in [0.5, 0.6) is 5.75 Å². The Hall–Kier alpha value is -3.20. The number of hydrogen-bond donors (Lipinski definition) is 0. The Morgan fingerprint density at radius 3 is 2.70 bits per heavy atom. The molecular formula is C18H16N2O6S. The molecule has 8 nitrogen and oxygen atoms in total. The van der Waals surface area contributed by atoms with Crippen LogP contribution in [0.4, 0.5) is 0 Å². The van der Waals surface area contributed by atoms with Gasteiger partial charge in [0, 0.05) is 0 Å². The van der Waals surface area contributed by atoms with Crippen molar-refractivity contribution in [3.8, 4) is 5.75 Å². The predicted molar refractivity (Wildman–Crippen MR) is 96.7 cm³/mol. The smallest absolute Gasteiger partial charge is 0.407 e. The van der Waals surface area contributed by atoms with Crippen LogP contribution in [-0.4, -0.2) is 30.6 Å². The van der Waals surface area contributed by atoms with E-state index >= 15 is 0 Å². The van der Waals surface area contributed by atoms with E-state index in [-0.39, 0.29) is 30.1 Å². The summed E-state index contributed by atoms with van der Waals surface area (Å²) in [5, 5.41) is 14.5. The molecule has 2 aromatic heterocycles. The summed E-state index contributed by atoms with van der Waals surface area (Å²) in [5.74, 6) is -0.957. The fourth-order valence-corrected chi connectivity index (χ4v) is 3.04. The molecule has 0 amide bonds. The van der Waals surface area contributed by atoms with Crippen LogP contribution < -0.4 is 9.47 Å². The van der Waals surface area contributed by atoms with Crippen molar-refractivity contribution in [1.82, 2.24) is 4.98 Å². The summed E-state index contributed by atoms with van der Waals surface area (Å²) in [5.41, 5.74) is 0.175. The Kier molecular flexibility index (Phi) is 5.51. The molecule has 0 aliphatic carbocycles. The molecule has 0 unspecified atom stereocenters. The number of nitrogens with zero attached hydrogens (tertiary/aromatic N) is 2. The maximum absolute atomic E-state index is 12.8. The Balaban J connectivity index is 2.02. The van der Waals surface area contributed by atoms with Gasteiger partial charge in [-0.05, 0) is 30.5 Å². The molecule has 3 aromatic rings. The highest BCUT2D eigenvalue weighted by Crippen LogP contribution is 2.20. The molecule has 0 saturated carbocycles. The maximum Gasteiger partial charge on any atom is 0.407 e. The number of fused-ring (bicyclic) bond motifs is 1. The molecule has 0 fully saturated rings. The second kappa shape index (κ2) is 8.00. The van der Waals surface area contributed by atoms with Gasteiger partial charge in [-0.25, -0.2) is 14.6 Å². The molecule has 3 rings (SSSR count). The highest BCUT2D eigenvalue weighted by atomic mass is 32.1. The first kappa shape index (κ1) is 18.6. The van der Waals surface area contributed by atoms with Crippen LogP contribution in [0.1, 0.15) is 32.8 Å². The molecule has 0 aliphatic rings. The lowest BCUT2D eigenvalue weighted by molar-refractivity contribution is -0.581. The second-order valence-electron chi connectivity index (χ2n) is 5.33. The largest absolute Gasteiger partial charge is 0.618 e. The van der Waals surface area contributed by atoms with E-state index in [9.17, 15) is 14.8 Å². The molecule has 0 bridgehead atoms. The summed E-state index contributed by atoms with van der Waals surface area (Å²) in [6, 6.07) is 8.04. The number of benzene rings is 1. The van der Waals surface area contributed by atoms with Crippen LogP contribution in [0.3, 0.4) is 0 Å². The number of rotatable bonds is 6. The van der Waals surface area contributed by atoms with Gasteiger partial charge in [-0.15, -0.1) is 11.3 Å². The van der Waals surface area contributed by atoms with Crippen molar-refractivity contribution in [2.45, 2.75) is 13.5 Å². The molecular weight excluding hydrogens is 372 g/mol. The maximum atomic E-state index is 12.8. The molecule has 0 spiro atoms. The van der Waals surface area contributed by atoms with Gasteiger partial charge in [-0.1, -0.05) is 6.07 Å². The van der Waals surface area contributed by atoms with E-state index in [4.69, 9.17) is 14.2 Å². The lowest BCUT2D eigenvalue weighted by Crippen LogP contribution is -2.39. The molecule has 140 valence electrons. The van der Waals surface area contributed by atoms with Crippen LogP contribution in [-0.2, 0) is 16.1 Å². The third-order valence-electron chi connectivity index (χ3n) is 3.66. The topological polar surface area (TPSA) is 102 Å². The van der Waals surface area contributed by atoms with E-state index in [1.807, 2.05) is 0 Å². The van der Waals surface area contributed by atoms with Crippen LogP contribution in [0.25, 0.3) is 11.0 Å². The summed E-state index contributed by atoms with van der Waals surface area (Å²) in [6.07, 6.45) is 0. The third kappa shape index (κ3) is 3.82. The zero-order valence-corrected chi connectivity index (χ0v) is 15.4. The molecule has 0 saturated heterocycles.